The van der Waals surface area contributed by atoms with E-state index >= 15 is 0 Å². The van der Waals surface area contributed by atoms with E-state index in [1.54, 1.807) is 4.90 Å². The maximum Gasteiger partial charge on any atom is 0.227 e. The van der Waals surface area contributed by atoms with E-state index in [2.05, 4.69) is 0 Å². The van der Waals surface area contributed by atoms with E-state index in [-0.39, 0.29) is 24.0 Å². The number of aliphatic hydroxyl groups excluding tert-OH is 1. The summed E-state index contributed by atoms with van der Waals surface area (Å²) in [5.41, 5.74) is 5.67. The van der Waals surface area contributed by atoms with E-state index in [0.717, 1.165) is 19.4 Å². The standard InChI is InChI=1S/C10H20N2O2/c1-7(8(2)11)10(14)12-5-3-4-9(13)6-12/h7-9,13H,3-6,11H2,1-2H3/t7?,8?,9-/m0/s1. The first-order valence-electron chi connectivity index (χ1n) is 5.24. The number of nitrogens with zero attached hydrogens (tertiary/aromatic N) is 1. The minimum absolute atomic E-state index is 0.0683. The van der Waals surface area contributed by atoms with Crippen molar-refractivity contribution in [2.45, 2.75) is 38.8 Å². The molecule has 0 aromatic heterocycles. The third-order valence-corrected chi connectivity index (χ3v) is 2.89. The van der Waals surface area contributed by atoms with Crippen molar-refractivity contribution in [2.24, 2.45) is 11.7 Å². The number of likely N-dealkylation sites (tertiary alicyclic amines) is 1. The van der Waals surface area contributed by atoms with Crippen molar-refractivity contribution in [1.29, 1.82) is 0 Å². The maximum absolute atomic E-state index is 11.8. The molecule has 0 aliphatic carbocycles. The molecule has 3 N–H and O–H groups in total. The molecular formula is C10H20N2O2. The summed E-state index contributed by atoms with van der Waals surface area (Å²) >= 11 is 0. The molecule has 2 unspecified atom stereocenters. The van der Waals surface area contributed by atoms with Crippen LogP contribution < -0.4 is 5.73 Å². The van der Waals surface area contributed by atoms with Crippen molar-refractivity contribution in [1.82, 2.24) is 4.90 Å². The van der Waals surface area contributed by atoms with Crippen molar-refractivity contribution in [2.75, 3.05) is 13.1 Å². The van der Waals surface area contributed by atoms with Crippen LogP contribution in [-0.4, -0.2) is 41.1 Å². The quantitative estimate of drug-likeness (QED) is 0.657. The lowest BCUT2D eigenvalue weighted by Crippen LogP contribution is -2.47. The zero-order chi connectivity index (χ0) is 10.7. The molecule has 1 rings (SSSR count). The minimum atomic E-state index is -0.354. The third-order valence-electron chi connectivity index (χ3n) is 2.89. The van der Waals surface area contributed by atoms with Gasteiger partial charge < -0.3 is 15.7 Å². The number of carbonyl (C=O) groups is 1. The van der Waals surface area contributed by atoms with E-state index in [1.807, 2.05) is 13.8 Å². The number of β-amino-alcohol motifs (C(OH)–C–C–N with tert-alkyl or cyclic N) is 1. The second-order valence-corrected chi connectivity index (χ2v) is 4.23. The SMILES string of the molecule is CC(N)C(C)C(=O)N1CCC[C@H](O)C1. The topological polar surface area (TPSA) is 66.6 Å². The highest BCUT2D eigenvalue weighted by Gasteiger charge is 2.27. The Bertz CT molecular complexity index is 206. The Labute approximate surface area is 85.1 Å². The number of hydrogen-bond acceptors (Lipinski definition) is 3. The molecule has 1 heterocycles. The molecule has 1 aliphatic rings. The van der Waals surface area contributed by atoms with Crippen LogP contribution in [0.25, 0.3) is 0 Å². The van der Waals surface area contributed by atoms with Gasteiger partial charge in [-0.1, -0.05) is 6.92 Å². The second kappa shape index (κ2) is 4.75. The van der Waals surface area contributed by atoms with E-state index in [1.165, 1.54) is 0 Å². The lowest BCUT2D eigenvalue weighted by molar-refractivity contribution is -0.138. The van der Waals surface area contributed by atoms with Gasteiger partial charge in [-0.15, -0.1) is 0 Å². The lowest BCUT2D eigenvalue weighted by atomic mass is 10.0. The molecule has 0 saturated carbocycles. The highest BCUT2D eigenvalue weighted by atomic mass is 16.3. The van der Waals surface area contributed by atoms with Crippen LogP contribution in [0.4, 0.5) is 0 Å². The zero-order valence-electron chi connectivity index (χ0n) is 8.94. The van der Waals surface area contributed by atoms with Crippen molar-refractivity contribution in [3.8, 4) is 0 Å². The zero-order valence-corrected chi connectivity index (χ0v) is 8.94. The van der Waals surface area contributed by atoms with E-state index in [4.69, 9.17) is 5.73 Å². The van der Waals surface area contributed by atoms with Crippen molar-refractivity contribution in [3.05, 3.63) is 0 Å². The number of hydrogen-bond donors (Lipinski definition) is 2. The average molecular weight is 200 g/mol. The first-order valence-corrected chi connectivity index (χ1v) is 5.24. The van der Waals surface area contributed by atoms with Gasteiger partial charge in [0.2, 0.25) is 5.91 Å². The van der Waals surface area contributed by atoms with E-state index in [9.17, 15) is 9.90 Å². The molecule has 0 bridgehead atoms. The fraction of sp³-hybridized carbons (Fsp3) is 0.900. The predicted octanol–water partition coefficient (Wildman–Crippen LogP) is -0.0470. The molecule has 0 radical (unpaired) electrons. The molecule has 3 atom stereocenters. The molecule has 82 valence electrons. The molecule has 4 nitrogen and oxygen atoms in total. The van der Waals surface area contributed by atoms with Crippen LogP contribution in [0.2, 0.25) is 0 Å². The Hall–Kier alpha value is -0.610. The Kier molecular flexibility index (Phi) is 3.89. The van der Waals surface area contributed by atoms with Crippen LogP contribution in [-0.2, 0) is 4.79 Å². The van der Waals surface area contributed by atoms with E-state index in [0.29, 0.717) is 6.54 Å². The van der Waals surface area contributed by atoms with Crippen LogP contribution in [0.3, 0.4) is 0 Å². The van der Waals surface area contributed by atoms with Crippen molar-refractivity contribution >= 4 is 5.91 Å². The molecular weight excluding hydrogens is 180 g/mol. The molecule has 1 fully saturated rings. The lowest BCUT2D eigenvalue weighted by Gasteiger charge is -2.32. The van der Waals surface area contributed by atoms with Gasteiger partial charge in [0.05, 0.1) is 12.0 Å². The molecule has 0 aromatic carbocycles. The highest BCUT2D eigenvalue weighted by Crippen LogP contribution is 2.14. The summed E-state index contributed by atoms with van der Waals surface area (Å²) in [4.78, 5) is 13.5. The average Bonchev–Trinajstić information content (AvgIpc) is 2.15. The maximum atomic E-state index is 11.8. The monoisotopic (exact) mass is 200 g/mol. The van der Waals surface area contributed by atoms with Gasteiger partial charge in [-0.25, -0.2) is 0 Å². The van der Waals surface area contributed by atoms with Crippen LogP contribution in [0, 0.1) is 5.92 Å². The van der Waals surface area contributed by atoms with E-state index < -0.39 is 0 Å². The smallest absolute Gasteiger partial charge is 0.227 e. The normalized spacial score (nSPS) is 27.1. The van der Waals surface area contributed by atoms with Gasteiger partial charge in [0.25, 0.3) is 0 Å². The number of carbonyl (C=O) groups excluding carboxylic acids is 1. The van der Waals surface area contributed by atoms with Gasteiger partial charge in [-0.3, -0.25) is 4.79 Å². The summed E-state index contributed by atoms with van der Waals surface area (Å²) in [5, 5.41) is 9.42. The summed E-state index contributed by atoms with van der Waals surface area (Å²) < 4.78 is 0. The van der Waals surface area contributed by atoms with Crippen LogP contribution in [0.1, 0.15) is 26.7 Å². The Morgan fingerprint density at radius 3 is 2.71 bits per heavy atom. The fourth-order valence-corrected chi connectivity index (χ4v) is 1.67. The summed E-state index contributed by atoms with van der Waals surface area (Å²) in [7, 11) is 0. The third kappa shape index (κ3) is 2.69. The van der Waals surface area contributed by atoms with Crippen LogP contribution >= 0.6 is 0 Å². The number of piperidine rings is 1. The summed E-state index contributed by atoms with van der Waals surface area (Å²) in [6, 6.07) is -0.124. The van der Waals surface area contributed by atoms with Crippen molar-refractivity contribution < 1.29 is 9.90 Å². The molecule has 0 spiro atoms. The van der Waals surface area contributed by atoms with Gasteiger partial charge in [-0.05, 0) is 19.8 Å². The largest absolute Gasteiger partial charge is 0.391 e. The Morgan fingerprint density at radius 1 is 1.57 bits per heavy atom. The molecule has 1 amide bonds. The minimum Gasteiger partial charge on any atom is -0.391 e. The Morgan fingerprint density at radius 2 is 2.21 bits per heavy atom. The van der Waals surface area contributed by atoms with Gasteiger partial charge in [0, 0.05) is 19.1 Å². The van der Waals surface area contributed by atoms with Gasteiger partial charge in [0.1, 0.15) is 0 Å². The summed E-state index contributed by atoms with van der Waals surface area (Å²) in [6.07, 6.45) is 1.34. The molecule has 14 heavy (non-hydrogen) atoms. The first kappa shape index (κ1) is 11.5. The number of rotatable bonds is 2. The van der Waals surface area contributed by atoms with Gasteiger partial charge in [0.15, 0.2) is 0 Å². The number of nitrogens with two attached hydrogens (primary N) is 1. The number of amides is 1. The highest BCUT2D eigenvalue weighted by molar-refractivity contribution is 5.79. The second-order valence-electron chi connectivity index (χ2n) is 4.23. The van der Waals surface area contributed by atoms with Gasteiger partial charge in [-0.2, -0.15) is 0 Å². The molecule has 1 aliphatic heterocycles. The molecule has 0 aromatic rings. The summed E-state index contributed by atoms with van der Waals surface area (Å²) in [6.45, 7) is 4.90. The number of aliphatic hydroxyl groups is 1. The van der Waals surface area contributed by atoms with Crippen LogP contribution in [0.15, 0.2) is 0 Å². The first-order chi connectivity index (χ1) is 6.52. The molecule has 4 heteroatoms. The van der Waals surface area contributed by atoms with Gasteiger partial charge >= 0.3 is 0 Å². The van der Waals surface area contributed by atoms with Crippen LogP contribution in [0.5, 0.6) is 0 Å². The Balaban J connectivity index is 2.51. The molecule has 1 saturated heterocycles. The predicted molar refractivity (Wildman–Crippen MR) is 54.6 cm³/mol. The summed E-state index contributed by atoms with van der Waals surface area (Å²) in [5.74, 6) is -0.0842. The van der Waals surface area contributed by atoms with Crippen molar-refractivity contribution in [3.63, 3.8) is 0 Å². The fourth-order valence-electron chi connectivity index (χ4n) is 1.67.